The molecule has 0 amide bonds. The maximum atomic E-state index is 14.7. The van der Waals surface area contributed by atoms with Crippen LogP contribution in [-0.2, 0) is 4.74 Å². The van der Waals surface area contributed by atoms with Crippen molar-refractivity contribution in [1.29, 1.82) is 0 Å². The number of ether oxygens (including phenoxy) is 2. The predicted molar refractivity (Wildman–Crippen MR) is 134 cm³/mol. The van der Waals surface area contributed by atoms with Crippen LogP contribution in [0.1, 0.15) is 102 Å². The molecule has 3 fully saturated rings. The third kappa shape index (κ3) is 6.22. The summed E-state index contributed by atoms with van der Waals surface area (Å²) < 4.78 is 40.5. The Hall–Kier alpha value is -1.42. The van der Waals surface area contributed by atoms with Gasteiger partial charge in [0.25, 0.3) is 0 Å². The van der Waals surface area contributed by atoms with Crippen LogP contribution >= 0.6 is 0 Å². The molecule has 1 heterocycles. The number of allylic oxidation sites excluding steroid dienone is 2. The smallest absolute Gasteiger partial charge is 0.200 e. The number of hydrogen-bond acceptors (Lipinski definition) is 2. The van der Waals surface area contributed by atoms with E-state index in [1.807, 2.05) is 0 Å². The number of hydrogen-bond donors (Lipinski definition) is 0. The average Bonchev–Trinajstić information content (AvgIpc) is 2.88. The molecule has 2 nitrogen and oxygen atoms in total. The highest BCUT2D eigenvalue weighted by molar-refractivity contribution is 5.33. The molecule has 2 aliphatic carbocycles. The number of halogens is 2. The zero-order valence-electron chi connectivity index (χ0n) is 21.2. The van der Waals surface area contributed by atoms with Crippen LogP contribution in [0.25, 0.3) is 0 Å². The van der Waals surface area contributed by atoms with Crippen molar-refractivity contribution >= 4 is 0 Å². The highest BCUT2D eigenvalue weighted by Crippen LogP contribution is 2.46. The fourth-order valence-electron chi connectivity index (χ4n) is 6.99. The Kier molecular flexibility index (Phi) is 9.45. The lowest BCUT2D eigenvalue weighted by atomic mass is 9.66. The van der Waals surface area contributed by atoms with Crippen molar-refractivity contribution < 1.29 is 18.3 Å². The maximum Gasteiger partial charge on any atom is 0.200 e. The topological polar surface area (TPSA) is 18.5 Å². The first-order valence-corrected chi connectivity index (χ1v) is 13.9. The molecule has 4 heteroatoms. The summed E-state index contributed by atoms with van der Waals surface area (Å²) in [6.07, 6.45) is 19.3. The Morgan fingerprint density at radius 1 is 0.853 bits per heavy atom. The van der Waals surface area contributed by atoms with Crippen LogP contribution in [0.15, 0.2) is 24.3 Å². The minimum absolute atomic E-state index is 0.0294. The van der Waals surface area contributed by atoms with Crippen molar-refractivity contribution in [3.63, 3.8) is 0 Å². The molecule has 0 N–H and O–H groups in total. The van der Waals surface area contributed by atoms with Crippen LogP contribution < -0.4 is 4.74 Å². The van der Waals surface area contributed by atoms with Crippen LogP contribution in [0.2, 0.25) is 0 Å². The van der Waals surface area contributed by atoms with Crippen LogP contribution in [0.4, 0.5) is 8.78 Å². The molecule has 0 aromatic heterocycles. The second-order valence-electron chi connectivity index (χ2n) is 10.9. The molecule has 2 unspecified atom stereocenters. The molecule has 1 aromatic carbocycles. The molecular weight excluding hydrogens is 430 g/mol. The van der Waals surface area contributed by atoms with Gasteiger partial charge < -0.3 is 9.47 Å². The van der Waals surface area contributed by atoms with Gasteiger partial charge in [0.05, 0.1) is 19.3 Å². The summed E-state index contributed by atoms with van der Waals surface area (Å²) in [5.74, 6) is 1.81. The number of rotatable bonds is 8. The highest BCUT2D eigenvalue weighted by Gasteiger charge is 2.35. The van der Waals surface area contributed by atoms with Crippen molar-refractivity contribution in [3.8, 4) is 5.75 Å². The SMILES string of the molecule is CC=CCCC1CCC(C2CCC(C3CCC(c4ccc(OCC)c(F)c4F)CC3)CC2)CO1. The first-order chi connectivity index (χ1) is 16.6. The van der Waals surface area contributed by atoms with Crippen molar-refractivity contribution in [2.75, 3.05) is 13.2 Å². The second kappa shape index (κ2) is 12.5. The normalized spacial score (nSPS) is 32.7. The first-order valence-electron chi connectivity index (χ1n) is 13.9. The van der Waals surface area contributed by atoms with Crippen molar-refractivity contribution in [1.82, 2.24) is 0 Å². The molecule has 1 aromatic rings. The molecule has 3 aliphatic rings. The quantitative estimate of drug-likeness (QED) is 0.351. The van der Waals surface area contributed by atoms with Crippen LogP contribution in [0, 0.1) is 35.3 Å². The molecule has 190 valence electrons. The molecule has 1 saturated heterocycles. The van der Waals surface area contributed by atoms with Gasteiger partial charge in [-0.1, -0.05) is 18.2 Å². The van der Waals surface area contributed by atoms with E-state index in [1.165, 1.54) is 44.9 Å². The maximum absolute atomic E-state index is 14.7. The first kappa shape index (κ1) is 25.7. The molecule has 0 spiro atoms. The van der Waals surface area contributed by atoms with E-state index >= 15 is 0 Å². The molecule has 0 radical (unpaired) electrons. The van der Waals surface area contributed by atoms with E-state index < -0.39 is 11.6 Å². The Labute approximate surface area is 205 Å². The zero-order valence-corrected chi connectivity index (χ0v) is 21.2. The zero-order chi connectivity index (χ0) is 23.9. The van der Waals surface area contributed by atoms with Gasteiger partial charge in [-0.3, -0.25) is 0 Å². The number of benzene rings is 1. The summed E-state index contributed by atoms with van der Waals surface area (Å²) in [5, 5.41) is 0. The monoisotopic (exact) mass is 474 g/mol. The molecule has 2 saturated carbocycles. The third-order valence-electron chi connectivity index (χ3n) is 9.03. The summed E-state index contributed by atoms with van der Waals surface area (Å²) in [6.45, 7) is 5.17. The lowest BCUT2D eigenvalue weighted by molar-refractivity contribution is -0.0430. The third-order valence-corrected chi connectivity index (χ3v) is 9.03. The van der Waals surface area contributed by atoms with Gasteiger partial charge in [0.1, 0.15) is 0 Å². The van der Waals surface area contributed by atoms with Crippen molar-refractivity contribution in [2.45, 2.75) is 103 Å². The van der Waals surface area contributed by atoms with Gasteiger partial charge in [-0.15, -0.1) is 0 Å². The summed E-state index contributed by atoms with van der Waals surface area (Å²) in [4.78, 5) is 0. The molecule has 34 heavy (non-hydrogen) atoms. The van der Waals surface area contributed by atoms with Gasteiger partial charge in [0, 0.05) is 0 Å². The molecular formula is C30H44F2O2. The van der Waals surface area contributed by atoms with Crippen LogP contribution in [0.5, 0.6) is 5.75 Å². The minimum atomic E-state index is -0.824. The summed E-state index contributed by atoms with van der Waals surface area (Å²) in [7, 11) is 0. The molecule has 0 bridgehead atoms. The van der Waals surface area contributed by atoms with Crippen LogP contribution in [-0.4, -0.2) is 19.3 Å². The summed E-state index contributed by atoms with van der Waals surface area (Å²) in [5.41, 5.74) is 0.546. The Bertz CT molecular complexity index is 783. The Morgan fingerprint density at radius 3 is 2.06 bits per heavy atom. The van der Waals surface area contributed by atoms with E-state index in [0.717, 1.165) is 62.4 Å². The second-order valence-corrected chi connectivity index (χ2v) is 10.9. The molecule has 2 atom stereocenters. The van der Waals surface area contributed by atoms with Gasteiger partial charge in [0.2, 0.25) is 5.82 Å². The average molecular weight is 475 g/mol. The fourth-order valence-corrected chi connectivity index (χ4v) is 6.99. The van der Waals surface area contributed by atoms with E-state index in [-0.39, 0.29) is 11.7 Å². The Balaban J connectivity index is 1.20. The van der Waals surface area contributed by atoms with Crippen LogP contribution in [0.3, 0.4) is 0 Å². The largest absolute Gasteiger partial charge is 0.491 e. The minimum Gasteiger partial charge on any atom is -0.491 e. The Morgan fingerprint density at radius 2 is 1.47 bits per heavy atom. The van der Waals surface area contributed by atoms with E-state index in [2.05, 4.69) is 19.1 Å². The van der Waals surface area contributed by atoms with Gasteiger partial charge in [-0.2, -0.15) is 4.39 Å². The standard InChI is InChI=1S/C30H44F2O2/c1-3-5-6-7-26-17-16-25(20-34-26)23-10-8-21(9-11-23)22-12-14-24(15-13-22)27-18-19-28(33-4-2)30(32)29(27)31/h3,5,18-19,21-26H,4,6-17,20H2,1-2H3. The van der Waals surface area contributed by atoms with Gasteiger partial charge in [0.15, 0.2) is 11.6 Å². The summed E-state index contributed by atoms with van der Waals surface area (Å²) in [6, 6.07) is 3.35. The summed E-state index contributed by atoms with van der Waals surface area (Å²) >= 11 is 0. The molecule has 1 aliphatic heterocycles. The highest BCUT2D eigenvalue weighted by atomic mass is 19.2. The van der Waals surface area contributed by atoms with E-state index in [4.69, 9.17) is 9.47 Å². The lowest BCUT2D eigenvalue weighted by Crippen LogP contribution is -2.33. The van der Waals surface area contributed by atoms with Crippen molar-refractivity contribution in [2.24, 2.45) is 23.7 Å². The van der Waals surface area contributed by atoms with Gasteiger partial charge >= 0.3 is 0 Å². The lowest BCUT2D eigenvalue weighted by Gasteiger charge is -2.41. The van der Waals surface area contributed by atoms with E-state index in [1.54, 1.807) is 19.1 Å². The van der Waals surface area contributed by atoms with Gasteiger partial charge in [-0.05, 0) is 132 Å². The molecule has 4 rings (SSSR count). The van der Waals surface area contributed by atoms with E-state index in [9.17, 15) is 8.78 Å². The van der Waals surface area contributed by atoms with Gasteiger partial charge in [-0.25, -0.2) is 4.39 Å². The van der Waals surface area contributed by atoms with Crippen molar-refractivity contribution in [3.05, 3.63) is 41.5 Å². The fraction of sp³-hybridized carbons (Fsp3) is 0.733. The predicted octanol–water partition coefficient (Wildman–Crippen LogP) is 8.60. The van der Waals surface area contributed by atoms with E-state index in [0.29, 0.717) is 18.3 Å².